The molecule has 1 saturated carbocycles. The summed E-state index contributed by atoms with van der Waals surface area (Å²) in [5.41, 5.74) is 6.38. The van der Waals surface area contributed by atoms with E-state index in [9.17, 15) is 0 Å². The number of thiophene rings is 1. The maximum absolute atomic E-state index is 6.38. The molecule has 0 saturated heterocycles. The highest BCUT2D eigenvalue weighted by Gasteiger charge is 2.29. The van der Waals surface area contributed by atoms with Crippen molar-refractivity contribution >= 4 is 27.3 Å². The lowest BCUT2D eigenvalue weighted by atomic mass is 9.82. The molecule has 0 aromatic carbocycles. The van der Waals surface area contributed by atoms with E-state index < -0.39 is 0 Å². The topological polar surface area (TPSA) is 35.2 Å². The van der Waals surface area contributed by atoms with E-state index in [0.717, 1.165) is 6.42 Å². The van der Waals surface area contributed by atoms with Gasteiger partial charge in [-0.05, 0) is 46.1 Å². The Hall–Kier alpha value is 0.100. The van der Waals surface area contributed by atoms with E-state index >= 15 is 0 Å². The van der Waals surface area contributed by atoms with E-state index in [-0.39, 0.29) is 12.1 Å². The number of halogens is 1. The lowest BCUT2D eigenvalue weighted by molar-refractivity contribution is 0.0180. The molecule has 0 amide bonds. The summed E-state index contributed by atoms with van der Waals surface area (Å²) < 4.78 is 6.89. The van der Waals surface area contributed by atoms with Gasteiger partial charge in [-0.1, -0.05) is 19.3 Å². The van der Waals surface area contributed by atoms with Gasteiger partial charge in [-0.2, -0.15) is 0 Å². The molecule has 18 heavy (non-hydrogen) atoms. The molecule has 2 atom stereocenters. The quantitative estimate of drug-likeness (QED) is 0.885. The summed E-state index contributed by atoms with van der Waals surface area (Å²) >= 11 is 5.35. The average molecular weight is 332 g/mol. The molecule has 1 aliphatic carbocycles. The standard InChI is InChI=1S/C14H22BrNOS/c1-17-14(10-5-3-2-4-6-10)12(16)9-13-11(15)7-8-18-13/h7-8,10,12,14H,2-6,9,16H2,1H3. The normalized spacial score (nSPS) is 20.8. The minimum Gasteiger partial charge on any atom is -0.380 e. The Morgan fingerprint density at radius 2 is 2.17 bits per heavy atom. The molecule has 2 rings (SSSR count). The van der Waals surface area contributed by atoms with Gasteiger partial charge in [0.05, 0.1) is 6.10 Å². The van der Waals surface area contributed by atoms with Crippen molar-refractivity contribution in [1.82, 2.24) is 0 Å². The van der Waals surface area contributed by atoms with Crippen LogP contribution >= 0.6 is 27.3 Å². The summed E-state index contributed by atoms with van der Waals surface area (Å²) in [6.07, 6.45) is 7.71. The Kier molecular flexibility index (Phi) is 5.67. The zero-order valence-electron chi connectivity index (χ0n) is 10.9. The molecule has 1 aromatic rings. The van der Waals surface area contributed by atoms with Crippen molar-refractivity contribution in [1.29, 1.82) is 0 Å². The van der Waals surface area contributed by atoms with Gasteiger partial charge in [0.15, 0.2) is 0 Å². The molecule has 2 unspecified atom stereocenters. The molecule has 1 fully saturated rings. The molecular weight excluding hydrogens is 310 g/mol. The first-order valence-electron chi connectivity index (χ1n) is 6.72. The van der Waals surface area contributed by atoms with Gasteiger partial charge in [-0.15, -0.1) is 11.3 Å². The van der Waals surface area contributed by atoms with Gasteiger partial charge in [-0.25, -0.2) is 0 Å². The maximum atomic E-state index is 6.38. The largest absolute Gasteiger partial charge is 0.380 e. The van der Waals surface area contributed by atoms with Crippen LogP contribution in [0.5, 0.6) is 0 Å². The van der Waals surface area contributed by atoms with E-state index in [1.807, 2.05) is 7.11 Å². The zero-order valence-corrected chi connectivity index (χ0v) is 13.3. The third kappa shape index (κ3) is 3.56. The first-order valence-corrected chi connectivity index (χ1v) is 8.40. The molecule has 2 nitrogen and oxygen atoms in total. The monoisotopic (exact) mass is 331 g/mol. The van der Waals surface area contributed by atoms with Gasteiger partial charge in [-0.3, -0.25) is 0 Å². The number of ether oxygens (including phenoxy) is 1. The van der Waals surface area contributed by atoms with Crippen molar-refractivity contribution in [3.8, 4) is 0 Å². The van der Waals surface area contributed by atoms with Crippen molar-refractivity contribution < 1.29 is 4.74 Å². The van der Waals surface area contributed by atoms with Crippen LogP contribution in [0, 0.1) is 5.92 Å². The fourth-order valence-corrected chi connectivity index (χ4v) is 4.57. The van der Waals surface area contributed by atoms with Crippen molar-refractivity contribution in [2.24, 2.45) is 11.7 Å². The second-order valence-corrected chi connectivity index (χ2v) is 7.01. The Bertz CT molecular complexity index is 362. The zero-order chi connectivity index (χ0) is 13.0. The van der Waals surface area contributed by atoms with E-state index in [0.29, 0.717) is 5.92 Å². The Morgan fingerprint density at radius 1 is 1.44 bits per heavy atom. The van der Waals surface area contributed by atoms with E-state index in [1.54, 1.807) is 11.3 Å². The Labute approximate surface area is 122 Å². The second kappa shape index (κ2) is 7.04. The fraction of sp³-hybridized carbons (Fsp3) is 0.714. The van der Waals surface area contributed by atoms with E-state index in [2.05, 4.69) is 27.4 Å². The summed E-state index contributed by atoms with van der Waals surface area (Å²) in [4.78, 5) is 1.33. The van der Waals surface area contributed by atoms with Crippen LogP contribution in [0.3, 0.4) is 0 Å². The van der Waals surface area contributed by atoms with E-state index in [1.165, 1.54) is 41.5 Å². The smallest absolute Gasteiger partial charge is 0.0753 e. The van der Waals surface area contributed by atoms with Crippen LogP contribution in [0.25, 0.3) is 0 Å². The summed E-state index contributed by atoms with van der Waals surface area (Å²) in [5, 5.41) is 2.11. The van der Waals surface area contributed by atoms with Crippen molar-refractivity contribution in [3.05, 3.63) is 20.8 Å². The number of hydrogen-bond donors (Lipinski definition) is 1. The molecule has 0 bridgehead atoms. The van der Waals surface area contributed by atoms with Crippen LogP contribution in [-0.2, 0) is 11.2 Å². The minimum atomic E-state index is 0.105. The number of hydrogen-bond acceptors (Lipinski definition) is 3. The Morgan fingerprint density at radius 3 is 2.72 bits per heavy atom. The molecule has 1 aliphatic rings. The molecule has 102 valence electrons. The molecule has 1 aromatic heterocycles. The minimum absolute atomic E-state index is 0.105. The van der Waals surface area contributed by atoms with Crippen LogP contribution < -0.4 is 5.73 Å². The molecule has 4 heteroatoms. The molecular formula is C14H22BrNOS. The van der Waals surface area contributed by atoms with Gasteiger partial charge >= 0.3 is 0 Å². The lowest BCUT2D eigenvalue weighted by Crippen LogP contribution is -2.43. The van der Waals surface area contributed by atoms with Crippen LogP contribution in [0.1, 0.15) is 37.0 Å². The van der Waals surface area contributed by atoms with Gasteiger partial charge in [0.25, 0.3) is 0 Å². The van der Waals surface area contributed by atoms with Crippen molar-refractivity contribution in [2.45, 2.75) is 50.7 Å². The third-order valence-corrected chi connectivity index (χ3v) is 5.87. The van der Waals surface area contributed by atoms with Crippen LogP contribution in [0.15, 0.2) is 15.9 Å². The highest BCUT2D eigenvalue weighted by atomic mass is 79.9. The van der Waals surface area contributed by atoms with Crippen molar-refractivity contribution in [2.75, 3.05) is 7.11 Å². The molecule has 1 heterocycles. The molecule has 2 N–H and O–H groups in total. The van der Waals surface area contributed by atoms with Gasteiger partial charge in [0.1, 0.15) is 0 Å². The van der Waals surface area contributed by atoms with Crippen LogP contribution in [-0.4, -0.2) is 19.3 Å². The predicted molar refractivity (Wildman–Crippen MR) is 81.1 cm³/mol. The average Bonchev–Trinajstić information content (AvgIpc) is 2.77. The number of nitrogens with two attached hydrogens (primary N) is 1. The third-order valence-electron chi connectivity index (χ3n) is 3.92. The summed E-state index contributed by atoms with van der Waals surface area (Å²) in [6, 6.07) is 2.20. The summed E-state index contributed by atoms with van der Waals surface area (Å²) in [5.74, 6) is 0.650. The van der Waals surface area contributed by atoms with Crippen LogP contribution in [0.4, 0.5) is 0 Å². The molecule has 0 aliphatic heterocycles. The van der Waals surface area contributed by atoms with Crippen molar-refractivity contribution in [3.63, 3.8) is 0 Å². The molecule has 0 radical (unpaired) electrons. The van der Waals surface area contributed by atoms with Gasteiger partial charge < -0.3 is 10.5 Å². The summed E-state index contributed by atoms with van der Waals surface area (Å²) in [7, 11) is 1.81. The first kappa shape index (κ1) is 14.5. The van der Waals surface area contributed by atoms with Gasteiger partial charge in [0, 0.05) is 28.9 Å². The van der Waals surface area contributed by atoms with Crippen LogP contribution in [0.2, 0.25) is 0 Å². The maximum Gasteiger partial charge on any atom is 0.0753 e. The number of rotatable bonds is 5. The highest BCUT2D eigenvalue weighted by Crippen LogP contribution is 2.31. The first-order chi connectivity index (χ1) is 8.72. The van der Waals surface area contributed by atoms with Gasteiger partial charge in [0.2, 0.25) is 0 Å². The fourth-order valence-electron chi connectivity index (χ4n) is 2.98. The Balaban J connectivity index is 1.96. The predicted octanol–water partition coefficient (Wildman–Crippen LogP) is 3.98. The SMILES string of the molecule is COC(C(N)Cc1sccc1Br)C1CCCCC1. The van der Waals surface area contributed by atoms with E-state index in [4.69, 9.17) is 10.5 Å². The molecule has 0 spiro atoms. The summed E-state index contributed by atoms with van der Waals surface area (Å²) in [6.45, 7) is 0. The highest BCUT2D eigenvalue weighted by molar-refractivity contribution is 9.10. The number of methoxy groups -OCH3 is 1. The second-order valence-electron chi connectivity index (χ2n) is 5.16. The lowest BCUT2D eigenvalue weighted by Gasteiger charge is -2.33.